The summed E-state index contributed by atoms with van der Waals surface area (Å²) in [6.07, 6.45) is 4.16. The number of hydrogen-bond acceptors (Lipinski definition) is 4. The zero-order valence-corrected chi connectivity index (χ0v) is 36.6. The Hall–Kier alpha value is -3.94. The number of aliphatic hydroxyl groups is 1. The van der Waals surface area contributed by atoms with E-state index in [1.54, 1.807) is 18.5 Å². The molecule has 0 fully saturated rings. The van der Waals surface area contributed by atoms with Gasteiger partial charge in [0.25, 0.3) is 0 Å². The van der Waals surface area contributed by atoms with Crippen molar-refractivity contribution in [3.05, 3.63) is 133 Å². The largest absolute Gasteiger partial charge is 0.512 e. The Kier molecular flexibility index (Phi) is 17.9. The average Bonchev–Trinajstić information content (AvgIpc) is 3.55. The van der Waals surface area contributed by atoms with Crippen molar-refractivity contribution >= 4 is 39.6 Å². The van der Waals surface area contributed by atoms with E-state index in [0.29, 0.717) is 0 Å². The van der Waals surface area contributed by atoms with Crippen LogP contribution in [0.1, 0.15) is 72.8 Å². The van der Waals surface area contributed by atoms with Crippen molar-refractivity contribution in [2.75, 3.05) is 0 Å². The predicted octanol–water partition coefficient (Wildman–Crippen LogP) is 12.6. The summed E-state index contributed by atoms with van der Waals surface area (Å²) >= 11 is 0.0102. The van der Waals surface area contributed by atoms with Crippen LogP contribution in [0.3, 0.4) is 0 Å². The van der Waals surface area contributed by atoms with Crippen molar-refractivity contribution in [2.24, 2.45) is 17.3 Å². The zero-order valence-electron chi connectivity index (χ0n) is 32.5. The molecule has 0 aliphatic heterocycles. The molecule has 0 aliphatic rings. The molecule has 0 spiro atoms. The molecule has 6 aromatic rings. The molecule has 56 heavy (non-hydrogen) atoms. The average molecular weight is 1010 g/mol. The Morgan fingerprint density at radius 1 is 0.821 bits per heavy atom. The molecule has 1 N–H and O–H groups in total. The SMILES string of the molecule is CC(C)(Cc1ccc2c(c1)[se]c1c(-c3[c-]cccc3)nccc12)C(F)(F)F.CCC(CC)C(=O)/C=C(\O)C(CC)CC.Fc1c[c-]c(-c2ccccn2)cc1.[Ir]. The maximum absolute atomic E-state index is 13.2. The number of hydrogen-bond donors (Lipinski definition) is 1. The zero-order chi connectivity index (χ0) is 40.2. The van der Waals surface area contributed by atoms with E-state index in [1.807, 2.05) is 94.4 Å². The summed E-state index contributed by atoms with van der Waals surface area (Å²) in [7, 11) is 0. The number of ketones is 1. The van der Waals surface area contributed by atoms with Gasteiger partial charge < -0.3 is 10.1 Å². The number of aliphatic hydroxyl groups excluding tert-OH is 1. The molecule has 299 valence electrons. The fourth-order valence-corrected chi connectivity index (χ4v) is 8.72. The first-order chi connectivity index (χ1) is 26.2. The molecule has 3 heterocycles. The van der Waals surface area contributed by atoms with Gasteiger partial charge in [-0.05, 0) is 37.4 Å². The van der Waals surface area contributed by atoms with E-state index in [0.717, 1.165) is 68.8 Å². The van der Waals surface area contributed by atoms with E-state index >= 15 is 0 Å². The summed E-state index contributed by atoms with van der Waals surface area (Å²) in [6, 6.07) is 31.5. The maximum Gasteiger partial charge on any atom is 0.162 e. The molecular weight excluding hydrogens is 960 g/mol. The predicted molar refractivity (Wildman–Crippen MR) is 216 cm³/mol. The van der Waals surface area contributed by atoms with Crippen LogP contribution in [0, 0.1) is 35.2 Å². The molecule has 0 amide bonds. The van der Waals surface area contributed by atoms with E-state index in [1.165, 1.54) is 36.3 Å². The van der Waals surface area contributed by atoms with Crippen LogP contribution in [0.25, 0.3) is 41.8 Å². The van der Waals surface area contributed by atoms with Crippen LogP contribution in [0.2, 0.25) is 0 Å². The molecule has 0 saturated carbocycles. The van der Waals surface area contributed by atoms with Gasteiger partial charge in [-0.2, -0.15) is 0 Å². The summed E-state index contributed by atoms with van der Waals surface area (Å²) in [5, 5.41) is 12.0. The smallest absolute Gasteiger partial charge is 0.162 e. The summed E-state index contributed by atoms with van der Waals surface area (Å²) < 4.78 is 54.6. The molecule has 4 nitrogen and oxygen atoms in total. The first-order valence-corrected chi connectivity index (χ1v) is 20.3. The number of halogens is 4. The molecule has 0 atom stereocenters. The summed E-state index contributed by atoms with van der Waals surface area (Å²) in [6.45, 7) is 10.6. The standard InChI is InChI=1S/C22H17F3NSe.C13H24O2.C11H7FN.Ir/c1-21(2,22(23,24)25)13-14-8-9-16-17-10-11-26-19(15-6-4-3-5-7-15)20(17)27-18(16)12-14;1-5-10(6-2)12(14)9-13(15)11(7-3)8-4;12-10-6-4-9(5-7-10)11-3-1-2-8-13-11;/h3-6,8-12H,13H2,1-2H3;9-11,14H,5-8H2,1-4H3;1-4,6-8H;/q-1;;-1;/b;12-9-;;. The minimum Gasteiger partial charge on any atom is -0.512 e. The molecule has 0 bridgehead atoms. The van der Waals surface area contributed by atoms with Crippen molar-refractivity contribution in [3.8, 4) is 22.5 Å². The van der Waals surface area contributed by atoms with Gasteiger partial charge in [0.1, 0.15) is 0 Å². The molecule has 6 rings (SSSR count). The van der Waals surface area contributed by atoms with E-state index in [-0.39, 0.29) is 70.2 Å². The fourth-order valence-electron chi connectivity index (χ4n) is 6.07. The number of fused-ring (bicyclic) bond motifs is 3. The van der Waals surface area contributed by atoms with E-state index in [4.69, 9.17) is 0 Å². The summed E-state index contributed by atoms with van der Waals surface area (Å²) in [5.41, 5.74) is 2.46. The molecule has 3 aromatic heterocycles. The van der Waals surface area contributed by atoms with E-state index < -0.39 is 11.6 Å². The van der Waals surface area contributed by atoms with Gasteiger partial charge >= 0.3 is 161 Å². The number of aromatic nitrogens is 2. The van der Waals surface area contributed by atoms with Crippen LogP contribution in [0.4, 0.5) is 17.6 Å². The number of rotatable bonds is 11. The van der Waals surface area contributed by atoms with Gasteiger partial charge in [-0.3, -0.25) is 9.18 Å². The number of alkyl halides is 3. The first-order valence-electron chi connectivity index (χ1n) is 18.6. The van der Waals surface area contributed by atoms with Crippen LogP contribution in [-0.2, 0) is 31.3 Å². The Bertz CT molecular complexity index is 2140. The van der Waals surface area contributed by atoms with Crippen molar-refractivity contribution in [1.82, 2.24) is 9.97 Å². The number of carbonyl (C=O) groups excluding carboxylic acids is 1. The maximum atomic E-state index is 13.2. The molecule has 0 aliphatic carbocycles. The van der Waals surface area contributed by atoms with Gasteiger partial charge in [0, 0.05) is 50.0 Å². The summed E-state index contributed by atoms with van der Waals surface area (Å²) in [5.74, 6) is 0.269. The number of carbonyl (C=O) groups is 1. The number of pyridine rings is 2. The minimum absolute atomic E-state index is 0. The third kappa shape index (κ3) is 12.3. The van der Waals surface area contributed by atoms with Crippen molar-refractivity contribution in [2.45, 2.75) is 79.8 Å². The Balaban J connectivity index is 0.000000247. The molecule has 1 radical (unpaired) electrons. The fraction of sp³-hybridized carbons (Fsp3) is 0.326. The van der Waals surface area contributed by atoms with Gasteiger partial charge in [0.15, 0.2) is 5.78 Å². The third-order valence-electron chi connectivity index (χ3n) is 9.63. The van der Waals surface area contributed by atoms with Gasteiger partial charge in [-0.25, -0.2) is 0 Å². The minimum atomic E-state index is -4.22. The second-order valence-corrected chi connectivity index (χ2v) is 16.1. The quantitative estimate of drug-likeness (QED) is 0.0462. The third-order valence-corrected chi connectivity index (χ3v) is 12.1. The van der Waals surface area contributed by atoms with Crippen LogP contribution < -0.4 is 0 Å². The second kappa shape index (κ2) is 21.5. The normalized spacial score (nSPS) is 11.8. The molecule has 0 saturated heterocycles. The molecule has 0 unspecified atom stereocenters. The van der Waals surface area contributed by atoms with E-state index in [9.17, 15) is 27.5 Å². The van der Waals surface area contributed by atoms with Crippen molar-refractivity contribution < 1.29 is 47.6 Å². The van der Waals surface area contributed by atoms with Gasteiger partial charge in [-0.1, -0.05) is 39.8 Å². The van der Waals surface area contributed by atoms with Crippen LogP contribution >= 0.6 is 0 Å². The van der Waals surface area contributed by atoms with Crippen LogP contribution in [0.15, 0.2) is 109 Å². The Morgan fingerprint density at radius 2 is 1.52 bits per heavy atom. The Morgan fingerprint density at radius 3 is 2.09 bits per heavy atom. The van der Waals surface area contributed by atoms with Gasteiger partial charge in [0.05, 0.1) is 5.76 Å². The number of nitrogens with zero attached hydrogens (tertiary/aromatic N) is 2. The van der Waals surface area contributed by atoms with Gasteiger partial charge in [-0.15, -0.1) is 29.8 Å². The van der Waals surface area contributed by atoms with Gasteiger partial charge in [0.2, 0.25) is 0 Å². The van der Waals surface area contributed by atoms with Crippen LogP contribution in [-0.4, -0.2) is 41.5 Å². The number of benzene rings is 3. The monoisotopic (exact) mass is 1010 g/mol. The topological polar surface area (TPSA) is 63.1 Å². The first kappa shape index (κ1) is 46.4. The summed E-state index contributed by atoms with van der Waals surface area (Å²) in [4.78, 5) is 20.4. The molecule has 10 heteroatoms. The van der Waals surface area contributed by atoms with Crippen LogP contribution in [0.5, 0.6) is 0 Å². The van der Waals surface area contributed by atoms with E-state index in [2.05, 4.69) is 22.1 Å². The van der Waals surface area contributed by atoms with Crippen molar-refractivity contribution in [3.63, 3.8) is 0 Å². The molecule has 3 aromatic carbocycles. The second-order valence-electron chi connectivity index (χ2n) is 13.9. The van der Waals surface area contributed by atoms with Crippen molar-refractivity contribution in [1.29, 1.82) is 0 Å². The number of allylic oxidation sites excluding steroid dienone is 2. The molecular formula is C46H48F4IrN2O2Se-2. The Labute approximate surface area is 347 Å².